The highest BCUT2D eigenvalue weighted by atomic mass is 35.5. The van der Waals surface area contributed by atoms with Gasteiger partial charge in [0.15, 0.2) is 11.5 Å². The zero-order chi connectivity index (χ0) is 16.1. The normalized spacial score (nSPS) is 12.0. The molecule has 1 N–H and O–H groups in total. The van der Waals surface area contributed by atoms with Crippen molar-refractivity contribution in [1.82, 2.24) is 10.3 Å². The molecule has 0 saturated heterocycles. The molecule has 0 fully saturated rings. The molecule has 1 aromatic carbocycles. The zero-order valence-electron chi connectivity index (χ0n) is 12.7. The van der Waals surface area contributed by atoms with Crippen molar-refractivity contribution in [2.75, 3.05) is 14.2 Å². The maximum absolute atomic E-state index is 14.2. The van der Waals surface area contributed by atoms with Crippen LogP contribution >= 0.6 is 11.6 Å². The zero-order valence-corrected chi connectivity index (χ0v) is 13.4. The van der Waals surface area contributed by atoms with Crippen LogP contribution in [0.2, 0.25) is 5.02 Å². The fourth-order valence-corrected chi connectivity index (χ4v) is 2.31. The second kappa shape index (κ2) is 7.42. The number of rotatable bonds is 6. The van der Waals surface area contributed by atoms with E-state index in [-0.39, 0.29) is 11.9 Å². The number of halogens is 2. The molecule has 0 saturated carbocycles. The molecule has 1 unspecified atom stereocenters. The van der Waals surface area contributed by atoms with Crippen molar-refractivity contribution in [1.29, 1.82) is 0 Å². The molecule has 4 nitrogen and oxygen atoms in total. The molecule has 1 heterocycles. The Hall–Kier alpha value is -1.85. The molecular weight excluding hydrogens is 307 g/mol. The first-order valence-corrected chi connectivity index (χ1v) is 7.17. The van der Waals surface area contributed by atoms with Crippen LogP contribution in [0.4, 0.5) is 4.39 Å². The number of aromatic nitrogens is 1. The van der Waals surface area contributed by atoms with E-state index in [0.29, 0.717) is 28.6 Å². The van der Waals surface area contributed by atoms with Crippen LogP contribution in [0.1, 0.15) is 24.1 Å². The summed E-state index contributed by atoms with van der Waals surface area (Å²) >= 11 is 6.06. The van der Waals surface area contributed by atoms with Crippen molar-refractivity contribution in [2.45, 2.75) is 19.5 Å². The summed E-state index contributed by atoms with van der Waals surface area (Å²) in [6, 6.07) is 4.57. The number of benzene rings is 1. The largest absolute Gasteiger partial charge is 0.493 e. The first kappa shape index (κ1) is 16.5. The van der Waals surface area contributed by atoms with Crippen molar-refractivity contribution >= 4 is 11.6 Å². The Labute approximate surface area is 134 Å². The van der Waals surface area contributed by atoms with E-state index in [1.54, 1.807) is 18.5 Å². The summed E-state index contributed by atoms with van der Waals surface area (Å²) in [6.45, 7) is 2.38. The second-order valence-corrected chi connectivity index (χ2v) is 5.21. The topological polar surface area (TPSA) is 43.4 Å². The van der Waals surface area contributed by atoms with Gasteiger partial charge in [0.05, 0.1) is 19.2 Å². The van der Waals surface area contributed by atoms with Crippen LogP contribution in [0, 0.1) is 5.82 Å². The average Bonchev–Trinajstić information content (AvgIpc) is 2.53. The molecular formula is C16H18ClFN2O2. The third-order valence-electron chi connectivity index (χ3n) is 3.42. The molecule has 0 aliphatic heterocycles. The number of hydrogen-bond donors (Lipinski definition) is 1. The molecule has 0 amide bonds. The van der Waals surface area contributed by atoms with E-state index in [1.165, 1.54) is 20.3 Å². The lowest BCUT2D eigenvalue weighted by molar-refractivity contribution is 0.350. The Kier molecular flexibility index (Phi) is 5.57. The van der Waals surface area contributed by atoms with Gasteiger partial charge < -0.3 is 14.8 Å². The second-order valence-electron chi connectivity index (χ2n) is 4.80. The Morgan fingerprint density at radius 1 is 1.27 bits per heavy atom. The molecule has 0 aliphatic rings. The summed E-state index contributed by atoms with van der Waals surface area (Å²) in [6.07, 6.45) is 3.25. The van der Waals surface area contributed by atoms with Gasteiger partial charge in [0.1, 0.15) is 5.82 Å². The summed E-state index contributed by atoms with van der Waals surface area (Å²) in [5, 5.41) is 3.82. The molecule has 1 aromatic heterocycles. The number of pyridine rings is 1. The lowest BCUT2D eigenvalue weighted by Crippen LogP contribution is -2.19. The Morgan fingerprint density at radius 3 is 2.59 bits per heavy atom. The lowest BCUT2D eigenvalue weighted by atomic mass is 10.1. The van der Waals surface area contributed by atoms with Crippen molar-refractivity contribution in [3.8, 4) is 11.5 Å². The summed E-state index contributed by atoms with van der Waals surface area (Å²) in [5.74, 6) is 0.515. The van der Waals surface area contributed by atoms with Crippen LogP contribution in [-0.4, -0.2) is 19.2 Å². The molecule has 2 aromatic rings. The fraction of sp³-hybridized carbons (Fsp3) is 0.312. The van der Waals surface area contributed by atoms with Crippen molar-refractivity contribution in [2.24, 2.45) is 0 Å². The minimum Gasteiger partial charge on any atom is -0.493 e. The van der Waals surface area contributed by atoms with Gasteiger partial charge in [-0.05, 0) is 24.6 Å². The van der Waals surface area contributed by atoms with Gasteiger partial charge in [0, 0.05) is 36.6 Å². The molecule has 2 rings (SSSR count). The predicted molar refractivity (Wildman–Crippen MR) is 84.0 cm³/mol. The van der Waals surface area contributed by atoms with Crippen LogP contribution in [-0.2, 0) is 6.54 Å². The van der Waals surface area contributed by atoms with Gasteiger partial charge in [-0.15, -0.1) is 0 Å². The number of hydrogen-bond acceptors (Lipinski definition) is 4. The SMILES string of the molecule is COc1cc(F)c(C(C)NCc2ccncc2Cl)cc1OC. The summed E-state index contributed by atoms with van der Waals surface area (Å²) in [5.41, 5.74) is 1.41. The van der Waals surface area contributed by atoms with Gasteiger partial charge in [-0.2, -0.15) is 0 Å². The standard InChI is InChI=1S/C16H18ClFN2O2/c1-10(20-8-11-4-5-19-9-13(11)17)12-6-15(21-2)16(22-3)7-14(12)18/h4-7,9-10,20H,8H2,1-3H3. The van der Waals surface area contributed by atoms with Crippen molar-refractivity contribution < 1.29 is 13.9 Å². The van der Waals surface area contributed by atoms with Gasteiger partial charge in [-0.1, -0.05) is 11.6 Å². The molecule has 1 atom stereocenters. The average molecular weight is 325 g/mol. The molecule has 0 bridgehead atoms. The molecule has 6 heteroatoms. The molecule has 22 heavy (non-hydrogen) atoms. The summed E-state index contributed by atoms with van der Waals surface area (Å²) < 4.78 is 24.5. The highest BCUT2D eigenvalue weighted by Crippen LogP contribution is 2.32. The highest BCUT2D eigenvalue weighted by molar-refractivity contribution is 6.31. The van der Waals surface area contributed by atoms with E-state index in [1.807, 2.05) is 13.0 Å². The molecule has 118 valence electrons. The van der Waals surface area contributed by atoms with Gasteiger partial charge in [0.2, 0.25) is 0 Å². The van der Waals surface area contributed by atoms with E-state index < -0.39 is 0 Å². The van der Waals surface area contributed by atoms with Crippen LogP contribution in [0.25, 0.3) is 0 Å². The number of nitrogens with zero attached hydrogens (tertiary/aromatic N) is 1. The van der Waals surface area contributed by atoms with Crippen LogP contribution < -0.4 is 14.8 Å². The smallest absolute Gasteiger partial charge is 0.163 e. The maximum Gasteiger partial charge on any atom is 0.163 e. The van der Waals surface area contributed by atoms with Gasteiger partial charge >= 0.3 is 0 Å². The van der Waals surface area contributed by atoms with Crippen molar-refractivity contribution in [3.05, 3.63) is 52.6 Å². The minimum atomic E-state index is -0.349. The van der Waals surface area contributed by atoms with Crippen molar-refractivity contribution in [3.63, 3.8) is 0 Å². The number of nitrogens with one attached hydrogen (secondary N) is 1. The Morgan fingerprint density at radius 2 is 1.95 bits per heavy atom. The van der Waals surface area contributed by atoms with E-state index >= 15 is 0 Å². The van der Waals surface area contributed by atoms with Gasteiger partial charge in [-0.3, -0.25) is 4.98 Å². The quantitative estimate of drug-likeness (QED) is 0.879. The summed E-state index contributed by atoms with van der Waals surface area (Å²) in [4.78, 5) is 3.94. The Balaban J connectivity index is 2.15. The Bertz CT molecular complexity index is 652. The first-order valence-electron chi connectivity index (χ1n) is 6.80. The number of methoxy groups -OCH3 is 2. The first-order chi connectivity index (χ1) is 10.6. The number of ether oxygens (including phenoxy) is 2. The highest BCUT2D eigenvalue weighted by Gasteiger charge is 2.16. The predicted octanol–water partition coefficient (Wildman–Crippen LogP) is 3.74. The maximum atomic E-state index is 14.2. The fourth-order valence-electron chi connectivity index (χ4n) is 2.12. The van der Waals surface area contributed by atoms with E-state index in [9.17, 15) is 4.39 Å². The minimum absolute atomic E-state index is 0.218. The third-order valence-corrected chi connectivity index (χ3v) is 3.76. The molecule has 0 aliphatic carbocycles. The van der Waals surface area contributed by atoms with Crippen LogP contribution in [0.5, 0.6) is 11.5 Å². The monoisotopic (exact) mass is 324 g/mol. The van der Waals surface area contributed by atoms with E-state index in [4.69, 9.17) is 21.1 Å². The lowest BCUT2D eigenvalue weighted by Gasteiger charge is -2.18. The third kappa shape index (κ3) is 3.67. The van der Waals surface area contributed by atoms with Gasteiger partial charge in [-0.25, -0.2) is 4.39 Å². The van der Waals surface area contributed by atoms with E-state index in [2.05, 4.69) is 10.3 Å². The van der Waals surface area contributed by atoms with Gasteiger partial charge in [0.25, 0.3) is 0 Å². The van der Waals surface area contributed by atoms with Crippen LogP contribution in [0.3, 0.4) is 0 Å². The summed E-state index contributed by atoms with van der Waals surface area (Å²) in [7, 11) is 3.00. The van der Waals surface area contributed by atoms with Crippen LogP contribution in [0.15, 0.2) is 30.6 Å². The molecule has 0 radical (unpaired) electrons. The van der Waals surface area contributed by atoms with E-state index in [0.717, 1.165) is 5.56 Å². The molecule has 0 spiro atoms.